The van der Waals surface area contributed by atoms with E-state index in [0.717, 1.165) is 33.8 Å². The summed E-state index contributed by atoms with van der Waals surface area (Å²) in [6, 6.07) is 66.9. The predicted octanol–water partition coefficient (Wildman–Crippen LogP) is 12.5. The molecule has 2 nitrogen and oxygen atoms in total. The molecule has 8 aromatic rings. The monoisotopic (exact) mass is 588 g/mol. The van der Waals surface area contributed by atoms with E-state index in [0.29, 0.717) is 0 Å². The Morgan fingerprint density at radius 2 is 0.957 bits per heavy atom. The Hall–Kier alpha value is -6.12. The molecule has 0 amide bonds. The molecule has 0 heterocycles. The minimum atomic E-state index is 1.07. The summed E-state index contributed by atoms with van der Waals surface area (Å²) < 4.78 is 0. The van der Waals surface area contributed by atoms with Crippen LogP contribution in [0.1, 0.15) is 0 Å². The number of para-hydroxylation sites is 2. The van der Waals surface area contributed by atoms with Crippen molar-refractivity contribution in [3.63, 3.8) is 0 Å². The summed E-state index contributed by atoms with van der Waals surface area (Å²) in [5, 5.41) is 8.62. The topological polar surface area (TPSA) is 15.3 Å². The fourth-order valence-electron chi connectivity index (χ4n) is 6.37. The normalized spacial score (nSPS) is 11.0. The highest BCUT2D eigenvalue weighted by molar-refractivity contribution is 6.06. The maximum Gasteiger partial charge on any atom is 0.0541 e. The zero-order chi connectivity index (χ0) is 30.7. The number of benzene rings is 8. The van der Waals surface area contributed by atoms with Crippen LogP contribution in [0.4, 0.5) is 28.4 Å². The molecular weight excluding hydrogens is 556 g/mol. The molecule has 0 unspecified atom stereocenters. The molecule has 2 heteroatoms. The Labute approximate surface area is 269 Å². The number of hydrogen-bond donors (Lipinski definition) is 1. The van der Waals surface area contributed by atoms with Gasteiger partial charge < -0.3 is 10.2 Å². The summed E-state index contributed by atoms with van der Waals surface area (Å²) in [6.07, 6.45) is 0. The van der Waals surface area contributed by atoms with Gasteiger partial charge in [0.15, 0.2) is 0 Å². The fourth-order valence-corrected chi connectivity index (χ4v) is 6.37. The number of nitrogens with zero attached hydrogens (tertiary/aromatic N) is 1. The average molecular weight is 589 g/mol. The number of nitrogens with one attached hydrogen (secondary N) is 1. The van der Waals surface area contributed by atoms with Crippen molar-refractivity contribution < 1.29 is 0 Å². The molecule has 0 aliphatic heterocycles. The van der Waals surface area contributed by atoms with E-state index >= 15 is 0 Å². The van der Waals surface area contributed by atoms with E-state index in [1.807, 2.05) is 0 Å². The molecule has 1 N–H and O–H groups in total. The molecule has 0 aliphatic rings. The van der Waals surface area contributed by atoms with Crippen LogP contribution in [0.15, 0.2) is 188 Å². The van der Waals surface area contributed by atoms with Crippen molar-refractivity contribution in [3.05, 3.63) is 188 Å². The van der Waals surface area contributed by atoms with Crippen molar-refractivity contribution in [2.75, 3.05) is 10.2 Å². The largest absolute Gasteiger partial charge is 0.355 e. The van der Waals surface area contributed by atoms with Crippen molar-refractivity contribution in [1.29, 1.82) is 0 Å². The second kappa shape index (κ2) is 12.1. The van der Waals surface area contributed by atoms with E-state index in [1.54, 1.807) is 0 Å². The van der Waals surface area contributed by atoms with E-state index in [-0.39, 0.29) is 0 Å². The lowest BCUT2D eigenvalue weighted by molar-refractivity contribution is 1.30. The summed E-state index contributed by atoms with van der Waals surface area (Å²) in [6.45, 7) is 0. The van der Waals surface area contributed by atoms with Crippen LogP contribution in [-0.2, 0) is 0 Å². The van der Waals surface area contributed by atoms with Crippen molar-refractivity contribution in [1.82, 2.24) is 0 Å². The highest BCUT2D eigenvalue weighted by atomic mass is 15.1. The van der Waals surface area contributed by atoms with Crippen LogP contribution in [0.2, 0.25) is 0 Å². The summed E-state index contributed by atoms with van der Waals surface area (Å²) in [4.78, 5) is 2.36. The molecule has 0 spiro atoms. The third kappa shape index (κ3) is 5.27. The van der Waals surface area contributed by atoms with Gasteiger partial charge in [-0.1, -0.05) is 140 Å². The summed E-state index contributed by atoms with van der Waals surface area (Å²) in [5.41, 5.74) is 10.3. The molecule has 8 aromatic carbocycles. The van der Waals surface area contributed by atoms with E-state index in [4.69, 9.17) is 0 Å². The van der Waals surface area contributed by atoms with Gasteiger partial charge in [0, 0.05) is 39.1 Å². The Morgan fingerprint density at radius 1 is 0.348 bits per heavy atom. The van der Waals surface area contributed by atoms with Crippen molar-refractivity contribution in [2.24, 2.45) is 0 Å². The molecule has 0 saturated carbocycles. The third-order valence-electron chi connectivity index (χ3n) is 8.65. The van der Waals surface area contributed by atoms with Gasteiger partial charge in [-0.15, -0.1) is 0 Å². The first-order chi connectivity index (χ1) is 22.8. The van der Waals surface area contributed by atoms with Crippen molar-refractivity contribution in [2.45, 2.75) is 0 Å². The molecule has 218 valence electrons. The average Bonchev–Trinajstić information content (AvgIpc) is 3.14. The predicted molar refractivity (Wildman–Crippen MR) is 197 cm³/mol. The highest BCUT2D eigenvalue weighted by Gasteiger charge is 2.17. The van der Waals surface area contributed by atoms with Gasteiger partial charge in [0.25, 0.3) is 0 Å². The minimum absolute atomic E-state index is 1.07. The smallest absolute Gasteiger partial charge is 0.0541 e. The number of hydrogen-bond acceptors (Lipinski definition) is 2. The van der Waals surface area contributed by atoms with Gasteiger partial charge >= 0.3 is 0 Å². The molecule has 46 heavy (non-hydrogen) atoms. The van der Waals surface area contributed by atoms with Gasteiger partial charge in [-0.05, 0) is 76.0 Å². The molecular formula is C44H32N2. The maximum absolute atomic E-state index is 3.78. The van der Waals surface area contributed by atoms with Crippen LogP contribution in [0.5, 0.6) is 0 Å². The second-order valence-corrected chi connectivity index (χ2v) is 11.5. The van der Waals surface area contributed by atoms with Gasteiger partial charge in [-0.25, -0.2) is 0 Å². The highest BCUT2D eigenvalue weighted by Crippen LogP contribution is 2.42. The van der Waals surface area contributed by atoms with Crippen molar-refractivity contribution >= 4 is 50.0 Å². The van der Waals surface area contributed by atoms with Crippen LogP contribution in [0.25, 0.3) is 43.8 Å². The van der Waals surface area contributed by atoms with Crippen LogP contribution >= 0.6 is 0 Å². The van der Waals surface area contributed by atoms with Crippen LogP contribution < -0.4 is 10.2 Å². The molecule has 8 rings (SSSR count). The van der Waals surface area contributed by atoms with Gasteiger partial charge in [-0.2, -0.15) is 0 Å². The van der Waals surface area contributed by atoms with Gasteiger partial charge in [0.05, 0.1) is 5.69 Å². The lowest BCUT2D eigenvalue weighted by Gasteiger charge is -2.28. The van der Waals surface area contributed by atoms with Gasteiger partial charge in [-0.3, -0.25) is 0 Å². The van der Waals surface area contributed by atoms with Crippen LogP contribution in [0.3, 0.4) is 0 Å². The Kier molecular flexibility index (Phi) is 7.22. The van der Waals surface area contributed by atoms with Gasteiger partial charge in [0.2, 0.25) is 0 Å². The Balaban J connectivity index is 1.21. The molecule has 0 saturated heterocycles. The summed E-state index contributed by atoms with van der Waals surface area (Å²) >= 11 is 0. The zero-order valence-electron chi connectivity index (χ0n) is 25.3. The molecule has 0 aromatic heterocycles. The lowest BCUT2D eigenvalue weighted by atomic mass is 10.00. The summed E-state index contributed by atoms with van der Waals surface area (Å²) in [7, 11) is 0. The molecule has 0 aliphatic carbocycles. The Bertz CT molecular complexity index is 2270. The minimum Gasteiger partial charge on any atom is -0.355 e. The van der Waals surface area contributed by atoms with E-state index in [2.05, 4.69) is 198 Å². The van der Waals surface area contributed by atoms with Crippen LogP contribution in [-0.4, -0.2) is 0 Å². The summed E-state index contributed by atoms with van der Waals surface area (Å²) in [5.74, 6) is 0. The number of rotatable bonds is 7. The van der Waals surface area contributed by atoms with Crippen molar-refractivity contribution in [3.8, 4) is 22.3 Å². The number of anilines is 5. The SMILES string of the molecule is c1ccc(-c2ccccc2Nc2ccc(N(c3ccccc3)c3ccc(-c4ccc5ccccc5c4)cc3)c3ccccc23)cc1. The second-order valence-electron chi connectivity index (χ2n) is 11.5. The first kappa shape index (κ1) is 27.4. The fraction of sp³-hybridized carbons (Fsp3) is 0. The maximum atomic E-state index is 3.78. The van der Waals surface area contributed by atoms with Gasteiger partial charge in [0.1, 0.15) is 0 Å². The van der Waals surface area contributed by atoms with Crippen LogP contribution in [0, 0.1) is 0 Å². The first-order valence-corrected chi connectivity index (χ1v) is 15.7. The molecule has 0 bridgehead atoms. The molecule has 0 fully saturated rings. The lowest BCUT2D eigenvalue weighted by Crippen LogP contribution is -2.10. The van der Waals surface area contributed by atoms with E-state index in [1.165, 1.54) is 38.4 Å². The molecule has 0 atom stereocenters. The van der Waals surface area contributed by atoms with E-state index in [9.17, 15) is 0 Å². The quantitative estimate of drug-likeness (QED) is 0.199. The zero-order valence-corrected chi connectivity index (χ0v) is 25.3. The standard InChI is InChI=1S/C44H32N2/c1-3-14-34(15-4-1)39-19-11-12-22-42(39)45-43-29-30-44(41-21-10-9-20-40(41)43)46(37-17-5-2-6-18-37)38-27-25-33(26-28-38)36-24-23-32-13-7-8-16-35(32)31-36/h1-31,45H. The third-order valence-corrected chi connectivity index (χ3v) is 8.65. The Morgan fingerprint density at radius 3 is 1.76 bits per heavy atom. The van der Waals surface area contributed by atoms with E-state index < -0.39 is 0 Å². The first-order valence-electron chi connectivity index (χ1n) is 15.7. The number of fused-ring (bicyclic) bond motifs is 2. The molecule has 0 radical (unpaired) electrons.